The zero-order valence-electron chi connectivity index (χ0n) is 10.9. The minimum atomic E-state index is -0.504. The van der Waals surface area contributed by atoms with Gasteiger partial charge >= 0.3 is 5.97 Å². The maximum Gasteiger partial charge on any atom is 0.343 e. The lowest BCUT2D eigenvalue weighted by molar-refractivity contribution is -0.119. The summed E-state index contributed by atoms with van der Waals surface area (Å²) in [5, 5.41) is 6.66. The van der Waals surface area contributed by atoms with E-state index in [1.807, 2.05) is 0 Å². The highest BCUT2D eigenvalue weighted by Crippen LogP contribution is 2.19. The Morgan fingerprint density at radius 2 is 2.11 bits per heavy atom. The Morgan fingerprint density at radius 1 is 1.44 bits per heavy atom. The van der Waals surface area contributed by atoms with Crippen LogP contribution in [0.15, 0.2) is 0 Å². The van der Waals surface area contributed by atoms with Crippen molar-refractivity contribution in [2.75, 3.05) is 25.6 Å². The van der Waals surface area contributed by atoms with Crippen LogP contribution in [0, 0.1) is 6.92 Å². The molecule has 0 aromatic carbocycles. The van der Waals surface area contributed by atoms with Crippen molar-refractivity contribution in [2.24, 2.45) is 7.05 Å². The lowest BCUT2D eigenvalue weighted by Crippen LogP contribution is -2.21. The monoisotopic (exact) mass is 255 g/mol. The molecule has 0 radical (unpaired) electrons. The number of ether oxygens (including phenoxy) is 2. The van der Waals surface area contributed by atoms with Crippen molar-refractivity contribution in [3.05, 3.63) is 11.3 Å². The van der Waals surface area contributed by atoms with Crippen LogP contribution in [0.1, 0.15) is 23.0 Å². The highest BCUT2D eigenvalue weighted by Gasteiger charge is 2.22. The molecule has 0 fully saturated rings. The molecule has 1 heterocycles. The molecule has 1 aromatic heterocycles. The van der Waals surface area contributed by atoms with Crippen LogP contribution in [0.2, 0.25) is 0 Å². The number of carbonyl (C=O) groups is 2. The summed E-state index contributed by atoms with van der Waals surface area (Å²) in [7, 11) is 3.05. The first-order chi connectivity index (χ1) is 8.51. The number of hydrogen-bond acceptors (Lipinski definition) is 5. The fourth-order valence-electron chi connectivity index (χ4n) is 1.55. The Morgan fingerprint density at radius 3 is 2.67 bits per heavy atom. The van der Waals surface area contributed by atoms with Crippen LogP contribution in [-0.2, 0) is 21.3 Å². The molecule has 0 aliphatic heterocycles. The first-order valence-electron chi connectivity index (χ1n) is 5.50. The molecule has 100 valence electrons. The van der Waals surface area contributed by atoms with Crippen molar-refractivity contribution < 1.29 is 19.1 Å². The Bertz CT molecular complexity index is 453. The molecule has 1 rings (SSSR count). The Labute approximate surface area is 105 Å². The molecule has 1 aromatic rings. The zero-order valence-corrected chi connectivity index (χ0v) is 10.9. The second-order valence-electron chi connectivity index (χ2n) is 3.63. The van der Waals surface area contributed by atoms with Gasteiger partial charge in [-0.1, -0.05) is 0 Å². The average Bonchev–Trinajstić information content (AvgIpc) is 2.54. The minimum Gasteiger partial charge on any atom is -0.462 e. The fourth-order valence-corrected chi connectivity index (χ4v) is 1.55. The number of nitrogens with one attached hydrogen (secondary N) is 1. The van der Waals surface area contributed by atoms with Crippen LogP contribution in [0.3, 0.4) is 0 Å². The summed E-state index contributed by atoms with van der Waals surface area (Å²) >= 11 is 0. The van der Waals surface area contributed by atoms with Gasteiger partial charge in [0.05, 0.1) is 12.3 Å². The van der Waals surface area contributed by atoms with Gasteiger partial charge in [-0.25, -0.2) is 4.79 Å². The van der Waals surface area contributed by atoms with Gasteiger partial charge in [-0.05, 0) is 13.8 Å². The number of aromatic nitrogens is 2. The minimum absolute atomic E-state index is 0.0908. The van der Waals surface area contributed by atoms with Crippen molar-refractivity contribution in [3.63, 3.8) is 0 Å². The second-order valence-corrected chi connectivity index (χ2v) is 3.63. The van der Waals surface area contributed by atoms with Crippen molar-refractivity contribution >= 4 is 17.7 Å². The smallest absolute Gasteiger partial charge is 0.343 e. The molecule has 0 spiro atoms. The number of methoxy groups -OCH3 is 1. The summed E-state index contributed by atoms with van der Waals surface area (Å²) in [6.45, 7) is 3.57. The molecule has 7 nitrogen and oxygen atoms in total. The lowest BCUT2D eigenvalue weighted by atomic mass is 10.2. The van der Waals surface area contributed by atoms with Crippen LogP contribution < -0.4 is 5.32 Å². The summed E-state index contributed by atoms with van der Waals surface area (Å²) in [6.07, 6.45) is 0. The summed E-state index contributed by atoms with van der Waals surface area (Å²) in [4.78, 5) is 23.3. The first kappa shape index (κ1) is 14.2. The molecule has 0 aliphatic carbocycles. The lowest BCUT2D eigenvalue weighted by Gasteiger charge is -2.07. The van der Waals surface area contributed by atoms with Gasteiger partial charge in [0.2, 0.25) is 0 Å². The van der Waals surface area contributed by atoms with E-state index in [0.717, 1.165) is 0 Å². The second kappa shape index (κ2) is 6.15. The molecule has 0 atom stereocenters. The van der Waals surface area contributed by atoms with Gasteiger partial charge in [-0.3, -0.25) is 9.48 Å². The topological polar surface area (TPSA) is 82.5 Å². The van der Waals surface area contributed by atoms with Gasteiger partial charge < -0.3 is 14.8 Å². The highest BCUT2D eigenvalue weighted by molar-refractivity contribution is 6.01. The van der Waals surface area contributed by atoms with E-state index in [0.29, 0.717) is 11.5 Å². The molecular weight excluding hydrogens is 238 g/mol. The summed E-state index contributed by atoms with van der Waals surface area (Å²) in [6, 6.07) is 0. The van der Waals surface area contributed by atoms with E-state index in [-0.39, 0.29) is 24.7 Å². The van der Waals surface area contributed by atoms with E-state index in [1.165, 1.54) is 11.8 Å². The molecule has 0 unspecified atom stereocenters. The van der Waals surface area contributed by atoms with Crippen LogP contribution in [0.5, 0.6) is 0 Å². The van der Waals surface area contributed by atoms with Gasteiger partial charge in [0.25, 0.3) is 5.91 Å². The van der Waals surface area contributed by atoms with Gasteiger partial charge in [-0.2, -0.15) is 5.10 Å². The standard InChI is InChI=1S/C11H17N3O4/c1-5-18-11(16)9-7(2)13-14(3)10(9)12-8(15)6-17-4/h5-6H2,1-4H3,(H,12,15). The number of hydrogen-bond donors (Lipinski definition) is 1. The van der Waals surface area contributed by atoms with Crippen LogP contribution in [0.4, 0.5) is 5.82 Å². The van der Waals surface area contributed by atoms with E-state index >= 15 is 0 Å². The molecule has 0 saturated carbocycles. The first-order valence-corrected chi connectivity index (χ1v) is 5.50. The largest absolute Gasteiger partial charge is 0.462 e. The SMILES string of the molecule is CCOC(=O)c1c(C)nn(C)c1NC(=O)COC. The molecule has 1 amide bonds. The van der Waals surface area contributed by atoms with Crippen molar-refractivity contribution in [2.45, 2.75) is 13.8 Å². The summed E-state index contributed by atoms with van der Waals surface area (Å²) in [5.74, 6) is -0.546. The van der Waals surface area contributed by atoms with E-state index in [4.69, 9.17) is 9.47 Å². The summed E-state index contributed by atoms with van der Waals surface area (Å²) < 4.78 is 11.1. The Balaban J connectivity index is 3.02. The normalized spacial score (nSPS) is 10.2. The fraction of sp³-hybridized carbons (Fsp3) is 0.545. The van der Waals surface area contributed by atoms with E-state index in [9.17, 15) is 9.59 Å². The Kier molecular flexibility index (Phi) is 4.85. The van der Waals surface area contributed by atoms with Crippen molar-refractivity contribution in [3.8, 4) is 0 Å². The van der Waals surface area contributed by atoms with Gasteiger partial charge in [-0.15, -0.1) is 0 Å². The van der Waals surface area contributed by atoms with Crippen LogP contribution in [-0.4, -0.2) is 42.0 Å². The van der Waals surface area contributed by atoms with Gasteiger partial charge in [0.15, 0.2) is 0 Å². The van der Waals surface area contributed by atoms with Crippen molar-refractivity contribution in [1.29, 1.82) is 0 Å². The number of rotatable bonds is 5. The zero-order chi connectivity index (χ0) is 13.7. The molecule has 0 aliphatic rings. The number of nitrogens with zero attached hydrogens (tertiary/aromatic N) is 2. The molecule has 18 heavy (non-hydrogen) atoms. The molecule has 0 saturated heterocycles. The number of amides is 1. The van der Waals surface area contributed by atoms with Crippen LogP contribution >= 0.6 is 0 Å². The van der Waals surface area contributed by atoms with Gasteiger partial charge in [0, 0.05) is 14.2 Å². The summed E-state index contributed by atoms with van der Waals surface area (Å²) in [5.41, 5.74) is 0.771. The van der Waals surface area contributed by atoms with Gasteiger partial charge in [0.1, 0.15) is 18.0 Å². The van der Waals surface area contributed by atoms with Crippen molar-refractivity contribution in [1.82, 2.24) is 9.78 Å². The molecule has 1 N–H and O–H groups in total. The van der Waals surface area contributed by atoms with Crippen LogP contribution in [0.25, 0.3) is 0 Å². The third kappa shape index (κ3) is 3.07. The predicted molar refractivity (Wildman–Crippen MR) is 64.4 cm³/mol. The maximum atomic E-state index is 11.8. The molecule has 7 heteroatoms. The number of anilines is 1. The number of carbonyl (C=O) groups excluding carboxylic acids is 2. The quantitative estimate of drug-likeness (QED) is 0.774. The highest BCUT2D eigenvalue weighted by atomic mass is 16.5. The van der Waals surface area contributed by atoms with E-state index in [1.54, 1.807) is 20.9 Å². The van der Waals surface area contributed by atoms with E-state index < -0.39 is 5.97 Å². The Hall–Kier alpha value is -1.89. The third-order valence-corrected chi connectivity index (χ3v) is 2.24. The average molecular weight is 255 g/mol. The van der Waals surface area contributed by atoms with E-state index in [2.05, 4.69) is 10.4 Å². The third-order valence-electron chi connectivity index (χ3n) is 2.24. The molecule has 0 bridgehead atoms. The predicted octanol–water partition coefficient (Wildman–Crippen LogP) is 0.490. The maximum absolute atomic E-state index is 11.8. The molecular formula is C11H17N3O4. The number of aryl methyl sites for hydroxylation is 2. The number of esters is 1.